The summed E-state index contributed by atoms with van der Waals surface area (Å²) in [6.07, 6.45) is 0.277. The van der Waals surface area contributed by atoms with E-state index in [0.717, 1.165) is 0 Å². The number of aliphatic hydroxyl groups excluding tert-OH is 2. The summed E-state index contributed by atoms with van der Waals surface area (Å²) in [6.45, 7) is 24.2. The van der Waals surface area contributed by atoms with Crippen LogP contribution < -0.4 is 10.4 Å². The summed E-state index contributed by atoms with van der Waals surface area (Å²) in [5.74, 6) is -0.535. The molecule has 2 aromatic carbocycles. The molecule has 1 saturated heterocycles. The molecule has 220 valence electrons. The van der Waals surface area contributed by atoms with E-state index >= 15 is 0 Å². The molecule has 0 amide bonds. The van der Waals surface area contributed by atoms with Gasteiger partial charge in [-0.2, -0.15) is 0 Å². The molecule has 5 nitrogen and oxygen atoms in total. The third-order valence-corrected chi connectivity index (χ3v) is 19.6. The minimum absolute atomic E-state index is 0.0152. The van der Waals surface area contributed by atoms with Crippen molar-refractivity contribution in [3.63, 3.8) is 0 Å². The first-order valence-corrected chi connectivity index (χ1v) is 19.4. The van der Waals surface area contributed by atoms with Gasteiger partial charge in [0.05, 0.1) is 6.10 Å². The van der Waals surface area contributed by atoms with Gasteiger partial charge >= 0.3 is 0 Å². The number of hydrogen-bond acceptors (Lipinski definition) is 5. The minimum atomic E-state index is -2.82. The second kappa shape index (κ2) is 10.6. The zero-order valence-electron chi connectivity index (χ0n) is 25.9. The summed E-state index contributed by atoms with van der Waals surface area (Å²) in [4.78, 5) is 0. The first-order chi connectivity index (χ1) is 18.5. The molecule has 0 bridgehead atoms. The molecule has 4 rings (SSSR count). The molecule has 0 unspecified atom stereocenters. The van der Waals surface area contributed by atoms with Crippen molar-refractivity contribution in [1.82, 2.24) is 0 Å². The van der Waals surface area contributed by atoms with Crippen molar-refractivity contribution >= 4 is 27.0 Å². The number of aliphatic hydroxyl groups is 2. The van der Waals surface area contributed by atoms with Gasteiger partial charge in [0.2, 0.25) is 0 Å². The molecular formula is C33H50O5Si2. The fraction of sp³-hybridized carbons (Fsp3) is 0.576. The smallest absolute Gasteiger partial charge is 0.261 e. The van der Waals surface area contributed by atoms with Gasteiger partial charge in [-0.1, -0.05) is 108 Å². The third kappa shape index (κ3) is 4.72. The average Bonchev–Trinajstić information content (AvgIpc) is 3.47. The largest absolute Gasteiger partial charge is 0.410 e. The summed E-state index contributed by atoms with van der Waals surface area (Å²) in [5, 5.41) is 24.3. The number of rotatable bonds is 10. The van der Waals surface area contributed by atoms with Crippen LogP contribution in [0.2, 0.25) is 23.2 Å². The van der Waals surface area contributed by atoms with Crippen LogP contribution in [0.25, 0.3) is 0 Å². The average molecular weight is 583 g/mol. The van der Waals surface area contributed by atoms with E-state index in [-0.39, 0.29) is 34.6 Å². The molecule has 40 heavy (non-hydrogen) atoms. The fourth-order valence-electron chi connectivity index (χ4n) is 6.89. The summed E-state index contributed by atoms with van der Waals surface area (Å²) in [5.41, 5.74) is -1.70. The molecular weight excluding hydrogens is 533 g/mol. The number of epoxide rings is 1. The number of ether oxygens (including phenoxy) is 1. The van der Waals surface area contributed by atoms with Gasteiger partial charge < -0.3 is 23.8 Å². The van der Waals surface area contributed by atoms with Crippen molar-refractivity contribution in [2.24, 2.45) is 11.8 Å². The summed E-state index contributed by atoms with van der Waals surface area (Å²) < 4.78 is 21.0. The Balaban J connectivity index is 1.83. The van der Waals surface area contributed by atoms with E-state index < -0.39 is 33.9 Å². The van der Waals surface area contributed by atoms with Crippen LogP contribution in [-0.2, 0) is 13.6 Å². The van der Waals surface area contributed by atoms with E-state index in [2.05, 4.69) is 110 Å². The lowest BCUT2D eigenvalue weighted by molar-refractivity contribution is -0.0435. The van der Waals surface area contributed by atoms with Crippen LogP contribution in [0.15, 0.2) is 73.3 Å². The van der Waals surface area contributed by atoms with Crippen LogP contribution in [-0.4, -0.2) is 63.5 Å². The molecule has 0 aromatic heterocycles. The van der Waals surface area contributed by atoms with E-state index in [0.29, 0.717) is 6.61 Å². The Kier molecular flexibility index (Phi) is 8.31. The van der Waals surface area contributed by atoms with Crippen LogP contribution in [0.5, 0.6) is 0 Å². The molecule has 0 spiro atoms. The van der Waals surface area contributed by atoms with Gasteiger partial charge in [-0.15, -0.1) is 6.58 Å². The molecule has 7 heteroatoms. The van der Waals surface area contributed by atoms with Gasteiger partial charge in [0.1, 0.15) is 17.3 Å². The Morgan fingerprint density at radius 1 is 0.950 bits per heavy atom. The van der Waals surface area contributed by atoms with Crippen LogP contribution in [0.3, 0.4) is 0 Å². The monoisotopic (exact) mass is 582 g/mol. The van der Waals surface area contributed by atoms with Crippen molar-refractivity contribution in [1.29, 1.82) is 0 Å². The van der Waals surface area contributed by atoms with E-state index in [9.17, 15) is 10.2 Å². The van der Waals surface area contributed by atoms with Crippen molar-refractivity contribution in [3.8, 4) is 0 Å². The molecule has 1 heterocycles. The topological polar surface area (TPSA) is 71.5 Å². The Hall–Kier alpha value is -1.59. The second-order valence-corrected chi connectivity index (χ2v) is 23.5. The zero-order chi connectivity index (χ0) is 29.8. The second-order valence-electron chi connectivity index (χ2n) is 14.4. The van der Waals surface area contributed by atoms with E-state index in [1.807, 2.05) is 19.1 Å². The van der Waals surface area contributed by atoms with Gasteiger partial charge in [-0.25, -0.2) is 0 Å². The highest BCUT2D eigenvalue weighted by molar-refractivity contribution is 6.99. The highest BCUT2D eigenvalue weighted by atomic mass is 28.4. The molecule has 1 aliphatic heterocycles. The summed E-state index contributed by atoms with van der Waals surface area (Å²) in [6, 6.07) is 21.2. The molecule has 1 aliphatic carbocycles. The van der Waals surface area contributed by atoms with Gasteiger partial charge in [0.15, 0.2) is 8.32 Å². The molecule has 2 fully saturated rings. The van der Waals surface area contributed by atoms with Crippen LogP contribution in [0.4, 0.5) is 0 Å². The SMILES string of the molecule is C=C[C@@H](O)[C@]12O[C@@]1(C)[C@H](O[Si](C)(C)C(C)(C)C)[C@H](CO[Si](c1ccccc1)(c1ccccc1)C(C)(C)C)[C@@H]2CO. The van der Waals surface area contributed by atoms with Crippen LogP contribution >= 0.6 is 0 Å². The van der Waals surface area contributed by atoms with Crippen molar-refractivity contribution in [3.05, 3.63) is 73.3 Å². The Bertz CT molecular complexity index is 1130. The lowest BCUT2D eigenvalue weighted by Gasteiger charge is -2.46. The zero-order valence-corrected chi connectivity index (χ0v) is 27.9. The van der Waals surface area contributed by atoms with E-state index in [1.54, 1.807) is 0 Å². The lowest BCUT2D eigenvalue weighted by Crippen LogP contribution is -2.67. The van der Waals surface area contributed by atoms with Crippen LogP contribution in [0, 0.1) is 11.8 Å². The van der Waals surface area contributed by atoms with Gasteiger partial charge in [-0.3, -0.25) is 0 Å². The third-order valence-electron chi connectivity index (χ3n) is 10.1. The number of benzene rings is 2. The van der Waals surface area contributed by atoms with Crippen LogP contribution in [0.1, 0.15) is 48.5 Å². The number of hydrogen-bond donors (Lipinski definition) is 2. The molecule has 2 aliphatic rings. The normalized spacial score (nSPS) is 29.6. The summed E-state index contributed by atoms with van der Waals surface area (Å²) in [7, 11) is -5.07. The standard InChI is InChI=1S/C33H50O5Si2/c1-11-28(35)33-27(22-34)26(29(32(33,8)38-33)37-39(9,10)30(2,3)4)23-36-40(31(5,6)7,24-18-14-12-15-19-24)25-20-16-13-17-21-25/h11-21,26-29,34-35H,1,22-23H2,2-10H3/t26-,27+,28-,29-,32+,33+/m1/s1. The Morgan fingerprint density at radius 3 is 1.85 bits per heavy atom. The molecule has 6 atom stereocenters. The van der Waals surface area contributed by atoms with Crippen molar-refractivity contribution < 1.29 is 23.8 Å². The highest BCUT2D eigenvalue weighted by Gasteiger charge is 2.84. The Morgan fingerprint density at radius 2 is 1.45 bits per heavy atom. The molecule has 2 aromatic rings. The van der Waals surface area contributed by atoms with Gasteiger partial charge in [0.25, 0.3) is 8.32 Å². The molecule has 1 saturated carbocycles. The van der Waals surface area contributed by atoms with Crippen molar-refractivity contribution in [2.75, 3.05) is 13.2 Å². The molecule has 2 N–H and O–H groups in total. The molecule has 0 radical (unpaired) electrons. The van der Waals surface area contributed by atoms with Crippen molar-refractivity contribution in [2.45, 2.75) is 95.0 Å². The highest BCUT2D eigenvalue weighted by Crippen LogP contribution is 2.68. The predicted molar refractivity (Wildman–Crippen MR) is 168 cm³/mol. The van der Waals surface area contributed by atoms with Gasteiger partial charge in [-0.05, 0) is 40.5 Å². The first kappa shape index (κ1) is 31.4. The first-order valence-electron chi connectivity index (χ1n) is 14.6. The predicted octanol–water partition coefficient (Wildman–Crippen LogP) is 5.27. The lowest BCUT2D eigenvalue weighted by atomic mass is 9.83. The number of fused-ring (bicyclic) bond motifs is 1. The Labute approximate surface area is 243 Å². The quantitative estimate of drug-likeness (QED) is 0.227. The van der Waals surface area contributed by atoms with E-state index in [4.69, 9.17) is 13.6 Å². The summed E-state index contributed by atoms with van der Waals surface area (Å²) >= 11 is 0. The maximum absolute atomic E-state index is 11.2. The maximum Gasteiger partial charge on any atom is 0.261 e. The maximum atomic E-state index is 11.2. The fourth-order valence-corrected chi connectivity index (χ4v) is 12.9. The van der Waals surface area contributed by atoms with E-state index in [1.165, 1.54) is 16.4 Å². The van der Waals surface area contributed by atoms with Gasteiger partial charge in [0, 0.05) is 25.0 Å². The minimum Gasteiger partial charge on any atom is -0.410 e.